The quantitative estimate of drug-likeness (QED) is 0.703. The fourth-order valence-corrected chi connectivity index (χ4v) is 4.32. The van der Waals surface area contributed by atoms with Gasteiger partial charge in [0.15, 0.2) is 0 Å². The summed E-state index contributed by atoms with van der Waals surface area (Å²) >= 11 is 0. The lowest BCUT2D eigenvalue weighted by Crippen LogP contribution is -2.53. The van der Waals surface area contributed by atoms with E-state index in [1.807, 2.05) is 12.1 Å². The second-order valence-corrected chi connectivity index (χ2v) is 8.11. The molecule has 2 saturated heterocycles. The average molecular weight is 444 g/mol. The molecule has 0 bridgehead atoms. The predicted molar refractivity (Wildman–Crippen MR) is 120 cm³/mol. The second-order valence-electron chi connectivity index (χ2n) is 8.11. The summed E-state index contributed by atoms with van der Waals surface area (Å²) in [6.07, 6.45) is 2.45. The maximum Gasteiger partial charge on any atom is 0.414 e. The van der Waals surface area contributed by atoms with Crippen LogP contribution in [0, 0.1) is 5.82 Å². The third kappa shape index (κ3) is 7.03. The highest BCUT2D eigenvalue weighted by Crippen LogP contribution is 2.22. The van der Waals surface area contributed by atoms with Crippen LogP contribution in [-0.2, 0) is 16.1 Å². The van der Waals surface area contributed by atoms with E-state index in [9.17, 15) is 4.39 Å². The zero-order chi connectivity index (χ0) is 22.9. The van der Waals surface area contributed by atoms with Gasteiger partial charge in [0.2, 0.25) is 0 Å². The number of carboxylic acid groups (broad SMARTS) is 2. The molecule has 2 aliphatic rings. The van der Waals surface area contributed by atoms with Gasteiger partial charge in [0, 0.05) is 44.5 Å². The molecule has 0 radical (unpaired) electrons. The third-order valence-corrected chi connectivity index (χ3v) is 5.99. The second kappa shape index (κ2) is 11.6. The molecule has 2 aliphatic heterocycles. The van der Waals surface area contributed by atoms with Crippen LogP contribution in [0.15, 0.2) is 54.6 Å². The number of piperazine rings is 1. The Morgan fingerprint density at radius 3 is 2.03 bits per heavy atom. The van der Waals surface area contributed by atoms with Gasteiger partial charge in [0.05, 0.1) is 0 Å². The van der Waals surface area contributed by atoms with Gasteiger partial charge in [-0.3, -0.25) is 9.80 Å². The van der Waals surface area contributed by atoms with Gasteiger partial charge in [-0.15, -0.1) is 0 Å². The predicted octanol–water partition coefficient (Wildman–Crippen LogP) is 2.77. The monoisotopic (exact) mass is 443 g/mol. The number of halogens is 1. The molecule has 2 aromatic carbocycles. The summed E-state index contributed by atoms with van der Waals surface area (Å²) in [6, 6.07) is 18.5. The SMILES string of the molecule is Fc1cccc(CN2CCC(N3CCN(c4ccccc4)CC3)CC2)c1.O=C(O)C(=O)O. The Labute approximate surface area is 187 Å². The molecule has 0 atom stereocenters. The number of nitrogens with zero attached hydrogens (tertiary/aromatic N) is 3. The molecule has 0 aliphatic carbocycles. The van der Waals surface area contributed by atoms with E-state index in [-0.39, 0.29) is 5.82 Å². The van der Waals surface area contributed by atoms with Crippen LogP contribution >= 0.6 is 0 Å². The Morgan fingerprint density at radius 2 is 1.47 bits per heavy atom. The number of para-hydroxylation sites is 1. The molecule has 0 saturated carbocycles. The van der Waals surface area contributed by atoms with Gasteiger partial charge in [0.1, 0.15) is 5.82 Å². The molecular weight excluding hydrogens is 413 g/mol. The minimum atomic E-state index is -1.82. The van der Waals surface area contributed by atoms with E-state index in [0.717, 1.165) is 51.4 Å². The molecule has 8 heteroatoms. The fourth-order valence-electron chi connectivity index (χ4n) is 4.32. The zero-order valence-electron chi connectivity index (χ0n) is 18.1. The molecular formula is C24H30FN3O4. The number of likely N-dealkylation sites (tertiary alicyclic amines) is 1. The van der Waals surface area contributed by atoms with E-state index < -0.39 is 11.9 Å². The van der Waals surface area contributed by atoms with Gasteiger partial charge < -0.3 is 15.1 Å². The van der Waals surface area contributed by atoms with Crippen LogP contribution in [0.2, 0.25) is 0 Å². The van der Waals surface area contributed by atoms with Crippen LogP contribution in [-0.4, -0.2) is 77.3 Å². The molecule has 32 heavy (non-hydrogen) atoms. The minimum absolute atomic E-state index is 0.131. The minimum Gasteiger partial charge on any atom is -0.473 e. The summed E-state index contributed by atoms with van der Waals surface area (Å²) in [5, 5.41) is 14.8. The van der Waals surface area contributed by atoms with Gasteiger partial charge >= 0.3 is 11.9 Å². The number of piperidine rings is 1. The summed E-state index contributed by atoms with van der Waals surface area (Å²) in [7, 11) is 0. The average Bonchev–Trinajstić information content (AvgIpc) is 2.81. The smallest absolute Gasteiger partial charge is 0.414 e. The van der Waals surface area contributed by atoms with Crippen LogP contribution in [0.3, 0.4) is 0 Å². The lowest BCUT2D eigenvalue weighted by atomic mass is 10.0. The van der Waals surface area contributed by atoms with E-state index >= 15 is 0 Å². The summed E-state index contributed by atoms with van der Waals surface area (Å²) in [4.78, 5) is 25.8. The highest BCUT2D eigenvalue weighted by Gasteiger charge is 2.27. The normalized spacial score (nSPS) is 18.0. The maximum absolute atomic E-state index is 13.4. The zero-order valence-corrected chi connectivity index (χ0v) is 18.1. The number of hydrogen-bond acceptors (Lipinski definition) is 5. The Balaban J connectivity index is 0.000000427. The van der Waals surface area contributed by atoms with Gasteiger partial charge in [-0.05, 0) is 55.8 Å². The van der Waals surface area contributed by atoms with E-state index in [0.29, 0.717) is 6.04 Å². The lowest BCUT2D eigenvalue weighted by Gasteiger charge is -2.43. The van der Waals surface area contributed by atoms with Crippen molar-refractivity contribution in [2.75, 3.05) is 44.2 Å². The highest BCUT2D eigenvalue weighted by molar-refractivity contribution is 6.27. The number of rotatable bonds is 4. The molecule has 2 N–H and O–H groups in total. The van der Waals surface area contributed by atoms with Gasteiger partial charge in [-0.2, -0.15) is 0 Å². The molecule has 2 aromatic rings. The molecule has 7 nitrogen and oxygen atoms in total. The van der Waals surface area contributed by atoms with Crippen molar-refractivity contribution in [2.24, 2.45) is 0 Å². The first-order valence-corrected chi connectivity index (χ1v) is 10.9. The number of benzene rings is 2. The van der Waals surface area contributed by atoms with Gasteiger partial charge in [-0.25, -0.2) is 14.0 Å². The van der Waals surface area contributed by atoms with Gasteiger partial charge in [0.25, 0.3) is 0 Å². The first-order chi connectivity index (χ1) is 15.4. The standard InChI is InChI=1S/C22H28FN3.C2H2O4/c23-20-6-4-5-19(17-20)18-24-11-9-22(10-12-24)26-15-13-25(14-16-26)21-7-2-1-3-8-21;3-1(4)2(5)6/h1-8,17,22H,9-16,18H2;(H,3,4)(H,5,6). The van der Waals surface area contributed by atoms with E-state index in [1.54, 1.807) is 6.07 Å². The first kappa shape index (κ1) is 23.7. The number of aliphatic carboxylic acids is 2. The third-order valence-electron chi connectivity index (χ3n) is 5.99. The van der Waals surface area contributed by atoms with Crippen LogP contribution in [0.25, 0.3) is 0 Å². The number of carboxylic acids is 2. The topological polar surface area (TPSA) is 84.3 Å². The number of anilines is 1. The molecule has 0 aromatic heterocycles. The van der Waals surface area contributed by atoms with E-state index in [1.165, 1.54) is 24.6 Å². The lowest BCUT2D eigenvalue weighted by molar-refractivity contribution is -0.159. The van der Waals surface area contributed by atoms with Crippen LogP contribution in [0.4, 0.5) is 10.1 Å². The maximum atomic E-state index is 13.4. The number of hydrogen-bond donors (Lipinski definition) is 2. The van der Waals surface area contributed by atoms with E-state index in [2.05, 4.69) is 45.0 Å². The summed E-state index contributed by atoms with van der Waals surface area (Å²) in [5.41, 5.74) is 2.43. The van der Waals surface area contributed by atoms with Crippen LogP contribution in [0.1, 0.15) is 18.4 Å². The van der Waals surface area contributed by atoms with Crippen molar-refractivity contribution in [3.05, 3.63) is 66.0 Å². The van der Waals surface area contributed by atoms with Crippen molar-refractivity contribution in [1.82, 2.24) is 9.80 Å². The van der Waals surface area contributed by atoms with Crippen molar-refractivity contribution in [1.29, 1.82) is 0 Å². The molecule has 0 spiro atoms. The van der Waals surface area contributed by atoms with Crippen molar-refractivity contribution >= 4 is 17.6 Å². The molecule has 2 fully saturated rings. The van der Waals surface area contributed by atoms with Crippen molar-refractivity contribution in [2.45, 2.75) is 25.4 Å². The Hall–Kier alpha value is -2.97. The molecule has 0 unspecified atom stereocenters. The Bertz CT molecular complexity index is 868. The van der Waals surface area contributed by atoms with Crippen LogP contribution < -0.4 is 4.90 Å². The highest BCUT2D eigenvalue weighted by atomic mass is 19.1. The molecule has 4 rings (SSSR count). The molecule has 172 valence electrons. The molecule has 0 amide bonds. The fraction of sp³-hybridized carbons (Fsp3) is 0.417. The first-order valence-electron chi connectivity index (χ1n) is 10.9. The van der Waals surface area contributed by atoms with E-state index in [4.69, 9.17) is 19.8 Å². The van der Waals surface area contributed by atoms with Crippen molar-refractivity contribution in [3.63, 3.8) is 0 Å². The van der Waals surface area contributed by atoms with Crippen molar-refractivity contribution < 1.29 is 24.2 Å². The Kier molecular flexibility index (Phi) is 8.58. The van der Waals surface area contributed by atoms with Crippen molar-refractivity contribution in [3.8, 4) is 0 Å². The molecule has 2 heterocycles. The summed E-state index contributed by atoms with van der Waals surface area (Å²) in [6.45, 7) is 7.64. The summed E-state index contributed by atoms with van der Waals surface area (Å²) < 4.78 is 13.4. The van der Waals surface area contributed by atoms with Crippen LogP contribution in [0.5, 0.6) is 0 Å². The largest absolute Gasteiger partial charge is 0.473 e. The van der Waals surface area contributed by atoms with Gasteiger partial charge in [-0.1, -0.05) is 30.3 Å². The Morgan fingerprint density at radius 1 is 0.844 bits per heavy atom. The number of carbonyl (C=O) groups is 2. The summed E-state index contributed by atoms with van der Waals surface area (Å²) in [5.74, 6) is -3.78.